The molecule has 0 radical (unpaired) electrons. The van der Waals surface area contributed by atoms with E-state index in [1.807, 2.05) is 25.1 Å². The van der Waals surface area contributed by atoms with Crippen LogP contribution in [0.2, 0.25) is 0 Å². The van der Waals surface area contributed by atoms with Crippen LogP contribution < -0.4 is 4.90 Å². The van der Waals surface area contributed by atoms with Crippen LogP contribution in [0.3, 0.4) is 0 Å². The standard InChI is InChI=1S/C15H14BrF2NO/c1-19(2)10-5-3-4-9(8-10)15(20)13-12(17)7-6-11(16)14(13)18/h3-8,15,20H,1-2H3. The molecule has 1 N–H and O–H groups in total. The van der Waals surface area contributed by atoms with Gasteiger partial charge in [0.25, 0.3) is 0 Å². The second kappa shape index (κ2) is 5.89. The summed E-state index contributed by atoms with van der Waals surface area (Å²) in [5, 5.41) is 10.3. The molecule has 2 rings (SSSR count). The molecule has 0 aliphatic heterocycles. The van der Waals surface area contributed by atoms with E-state index in [1.165, 1.54) is 6.07 Å². The van der Waals surface area contributed by atoms with Crippen LogP contribution in [0.1, 0.15) is 17.2 Å². The van der Waals surface area contributed by atoms with Crippen molar-refractivity contribution in [3.8, 4) is 0 Å². The minimum atomic E-state index is -1.35. The molecule has 0 aliphatic carbocycles. The van der Waals surface area contributed by atoms with Crippen LogP contribution in [-0.4, -0.2) is 19.2 Å². The third-order valence-corrected chi connectivity index (χ3v) is 3.67. The maximum Gasteiger partial charge on any atom is 0.146 e. The summed E-state index contributed by atoms with van der Waals surface area (Å²) in [6, 6.07) is 9.33. The van der Waals surface area contributed by atoms with Crippen LogP contribution >= 0.6 is 15.9 Å². The van der Waals surface area contributed by atoms with Gasteiger partial charge in [-0.05, 0) is 45.8 Å². The van der Waals surface area contributed by atoms with Gasteiger partial charge in [-0.3, -0.25) is 0 Å². The molecule has 0 fully saturated rings. The highest BCUT2D eigenvalue weighted by molar-refractivity contribution is 9.10. The zero-order valence-electron chi connectivity index (χ0n) is 11.1. The SMILES string of the molecule is CN(C)c1cccc(C(O)c2c(F)ccc(Br)c2F)c1. The van der Waals surface area contributed by atoms with E-state index in [-0.39, 0.29) is 10.0 Å². The van der Waals surface area contributed by atoms with Gasteiger partial charge in [-0.15, -0.1) is 0 Å². The molecule has 20 heavy (non-hydrogen) atoms. The number of nitrogens with zero attached hydrogens (tertiary/aromatic N) is 1. The van der Waals surface area contributed by atoms with Crippen molar-refractivity contribution in [3.63, 3.8) is 0 Å². The quantitative estimate of drug-likeness (QED) is 0.856. The number of hydrogen-bond acceptors (Lipinski definition) is 2. The van der Waals surface area contributed by atoms with Crippen molar-refractivity contribution in [2.45, 2.75) is 6.10 Å². The Hall–Kier alpha value is -1.46. The monoisotopic (exact) mass is 341 g/mol. The van der Waals surface area contributed by atoms with E-state index in [1.54, 1.807) is 18.2 Å². The molecule has 106 valence electrons. The Bertz CT molecular complexity index is 631. The molecular weight excluding hydrogens is 328 g/mol. The van der Waals surface area contributed by atoms with Gasteiger partial charge >= 0.3 is 0 Å². The smallest absolute Gasteiger partial charge is 0.146 e. The summed E-state index contributed by atoms with van der Waals surface area (Å²) >= 11 is 3.00. The predicted molar refractivity (Wildman–Crippen MR) is 78.9 cm³/mol. The number of hydrogen-bond donors (Lipinski definition) is 1. The Balaban J connectivity index is 2.49. The first kappa shape index (κ1) is 14.9. The van der Waals surface area contributed by atoms with Gasteiger partial charge in [0, 0.05) is 19.8 Å². The molecule has 2 nitrogen and oxygen atoms in total. The number of aliphatic hydroxyl groups excluding tert-OH is 1. The molecule has 5 heteroatoms. The fourth-order valence-electron chi connectivity index (χ4n) is 1.93. The summed E-state index contributed by atoms with van der Waals surface area (Å²) in [4.78, 5) is 1.85. The zero-order valence-corrected chi connectivity index (χ0v) is 12.7. The van der Waals surface area contributed by atoms with Crippen molar-refractivity contribution >= 4 is 21.6 Å². The summed E-state index contributed by atoms with van der Waals surface area (Å²) in [6.07, 6.45) is -1.35. The summed E-state index contributed by atoms with van der Waals surface area (Å²) in [5.74, 6) is -1.55. The van der Waals surface area contributed by atoms with Crippen LogP contribution in [0.25, 0.3) is 0 Å². The summed E-state index contributed by atoms with van der Waals surface area (Å²) in [6.45, 7) is 0. The van der Waals surface area contributed by atoms with E-state index in [9.17, 15) is 13.9 Å². The van der Waals surface area contributed by atoms with Crippen molar-refractivity contribution in [1.82, 2.24) is 0 Å². The molecule has 0 amide bonds. The second-order valence-corrected chi connectivity index (χ2v) is 5.50. The van der Waals surface area contributed by atoms with Gasteiger partial charge in [-0.25, -0.2) is 8.78 Å². The van der Waals surface area contributed by atoms with E-state index < -0.39 is 17.7 Å². The first-order valence-corrected chi connectivity index (χ1v) is 6.80. The average molecular weight is 342 g/mol. The molecule has 0 heterocycles. The van der Waals surface area contributed by atoms with E-state index in [0.29, 0.717) is 5.56 Å². The molecule has 0 bridgehead atoms. The zero-order chi connectivity index (χ0) is 14.9. The van der Waals surface area contributed by atoms with E-state index in [4.69, 9.17) is 0 Å². The highest BCUT2D eigenvalue weighted by Gasteiger charge is 2.22. The molecule has 0 aliphatic rings. The summed E-state index contributed by atoms with van der Waals surface area (Å²) in [5.41, 5.74) is 0.930. The van der Waals surface area contributed by atoms with Crippen LogP contribution in [0, 0.1) is 11.6 Å². The Kier molecular flexibility index (Phi) is 4.40. The lowest BCUT2D eigenvalue weighted by atomic mass is 10.00. The molecular formula is C15H14BrF2NO. The van der Waals surface area contributed by atoms with Gasteiger partial charge < -0.3 is 10.0 Å². The molecule has 0 saturated carbocycles. The van der Waals surface area contributed by atoms with Gasteiger partial charge in [0.05, 0.1) is 10.0 Å². The van der Waals surface area contributed by atoms with Crippen LogP contribution in [0.15, 0.2) is 40.9 Å². The normalized spacial score (nSPS) is 12.3. The van der Waals surface area contributed by atoms with Crippen molar-refractivity contribution < 1.29 is 13.9 Å². The highest BCUT2D eigenvalue weighted by atomic mass is 79.9. The Labute approximate surface area is 124 Å². The van der Waals surface area contributed by atoms with Gasteiger partial charge in [0.15, 0.2) is 0 Å². The lowest BCUT2D eigenvalue weighted by Gasteiger charge is -2.18. The van der Waals surface area contributed by atoms with Crippen molar-refractivity contribution in [2.24, 2.45) is 0 Å². The van der Waals surface area contributed by atoms with Crippen molar-refractivity contribution in [1.29, 1.82) is 0 Å². The minimum absolute atomic E-state index is 0.122. The third-order valence-electron chi connectivity index (χ3n) is 3.06. The molecule has 0 saturated heterocycles. The van der Waals surface area contributed by atoms with Crippen molar-refractivity contribution in [3.05, 3.63) is 63.6 Å². The largest absolute Gasteiger partial charge is 0.383 e. The predicted octanol–water partition coefficient (Wildman–Crippen LogP) is 3.88. The second-order valence-electron chi connectivity index (χ2n) is 4.65. The fourth-order valence-corrected chi connectivity index (χ4v) is 2.28. The molecule has 2 aromatic carbocycles. The van der Waals surface area contributed by atoms with Crippen molar-refractivity contribution in [2.75, 3.05) is 19.0 Å². The van der Waals surface area contributed by atoms with E-state index >= 15 is 0 Å². The van der Waals surface area contributed by atoms with E-state index in [2.05, 4.69) is 15.9 Å². The topological polar surface area (TPSA) is 23.5 Å². The lowest BCUT2D eigenvalue weighted by molar-refractivity contribution is 0.209. The fraction of sp³-hybridized carbons (Fsp3) is 0.200. The molecule has 1 atom stereocenters. The number of benzene rings is 2. The Morgan fingerprint density at radius 2 is 1.85 bits per heavy atom. The first-order valence-electron chi connectivity index (χ1n) is 6.00. The highest BCUT2D eigenvalue weighted by Crippen LogP contribution is 2.31. The molecule has 0 spiro atoms. The number of halogens is 3. The van der Waals surface area contributed by atoms with Gasteiger partial charge in [-0.2, -0.15) is 0 Å². The van der Waals surface area contributed by atoms with E-state index in [0.717, 1.165) is 11.8 Å². The summed E-state index contributed by atoms with van der Waals surface area (Å²) < 4.78 is 27.9. The maximum absolute atomic E-state index is 14.0. The molecule has 2 aromatic rings. The number of aliphatic hydroxyl groups is 1. The number of anilines is 1. The number of rotatable bonds is 3. The maximum atomic E-state index is 14.0. The lowest BCUT2D eigenvalue weighted by Crippen LogP contribution is -2.11. The van der Waals surface area contributed by atoms with Gasteiger partial charge in [-0.1, -0.05) is 12.1 Å². The third kappa shape index (κ3) is 2.83. The average Bonchev–Trinajstić information content (AvgIpc) is 2.43. The van der Waals surface area contributed by atoms with Gasteiger partial charge in [0.1, 0.15) is 17.7 Å². The van der Waals surface area contributed by atoms with Crippen LogP contribution in [0.4, 0.5) is 14.5 Å². The summed E-state index contributed by atoms with van der Waals surface area (Å²) in [7, 11) is 3.71. The molecule has 0 aromatic heterocycles. The first-order chi connectivity index (χ1) is 9.41. The Morgan fingerprint density at radius 3 is 2.50 bits per heavy atom. The molecule has 1 unspecified atom stereocenters. The minimum Gasteiger partial charge on any atom is -0.383 e. The Morgan fingerprint density at radius 1 is 1.15 bits per heavy atom. The van der Waals surface area contributed by atoms with Gasteiger partial charge in [0.2, 0.25) is 0 Å². The van der Waals surface area contributed by atoms with Crippen LogP contribution in [0.5, 0.6) is 0 Å². The van der Waals surface area contributed by atoms with Crippen LogP contribution in [-0.2, 0) is 0 Å².